The molecule has 1 aromatic rings. The van der Waals surface area contributed by atoms with Crippen molar-refractivity contribution in [3.63, 3.8) is 0 Å². The van der Waals surface area contributed by atoms with E-state index in [2.05, 4.69) is 5.32 Å². The molecule has 0 bridgehead atoms. The molecule has 0 unspecified atom stereocenters. The predicted molar refractivity (Wildman–Crippen MR) is 49.2 cm³/mol. The van der Waals surface area contributed by atoms with Crippen LogP contribution in [-0.2, 0) is 0 Å². The van der Waals surface area contributed by atoms with Crippen molar-refractivity contribution < 1.29 is 8.78 Å². The molecular formula is C9H10ClF2N. The molecule has 1 fully saturated rings. The first-order valence-electron chi connectivity index (χ1n) is 3.93. The third-order valence-electron chi connectivity index (χ3n) is 2.18. The zero-order valence-electron chi connectivity index (χ0n) is 6.89. The maximum absolute atomic E-state index is 13.0. The monoisotopic (exact) mass is 205 g/mol. The Morgan fingerprint density at radius 3 is 2.46 bits per heavy atom. The Hall–Kier alpha value is -0.670. The van der Waals surface area contributed by atoms with Gasteiger partial charge in [-0.2, -0.15) is 0 Å². The van der Waals surface area contributed by atoms with Crippen LogP contribution in [-0.4, -0.2) is 13.1 Å². The zero-order chi connectivity index (χ0) is 8.55. The van der Waals surface area contributed by atoms with Crippen molar-refractivity contribution in [3.05, 3.63) is 35.4 Å². The highest BCUT2D eigenvalue weighted by Gasteiger charge is 2.22. The lowest BCUT2D eigenvalue weighted by Crippen LogP contribution is -2.40. The van der Waals surface area contributed by atoms with Crippen molar-refractivity contribution in [1.82, 2.24) is 5.32 Å². The molecule has 0 spiro atoms. The molecule has 1 saturated heterocycles. The van der Waals surface area contributed by atoms with Crippen LogP contribution in [0.15, 0.2) is 18.2 Å². The van der Waals surface area contributed by atoms with Crippen LogP contribution < -0.4 is 5.32 Å². The Morgan fingerprint density at radius 1 is 1.23 bits per heavy atom. The molecule has 1 N–H and O–H groups in total. The van der Waals surface area contributed by atoms with E-state index in [1.807, 2.05) is 0 Å². The minimum Gasteiger partial charge on any atom is -0.315 e. The molecule has 0 saturated carbocycles. The quantitative estimate of drug-likeness (QED) is 0.740. The minimum atomic E-state index is -0.363. The van der Waals surface area contributed by atoms with Gasteiger partial charge in [-0.05, 0) is 23.8 Å². The molecule has 72 valence electrons. The second-order valence-corrected chi connectivity index (χ2v) is 3.02. The normalized spacial score (nSPS) is 16.2. The van der Waals surface area contributed by atoms with Gasteiger partial charge in [0.1, 0.15) is 11.6 Å². The Balaban J connectivity index is 0.000000845. The van der Waals surface area contributed by atoms with Crippen molar-refractivity contribution in [3.8, 4) is 0 Å². The molecule has 1 aliphatic rings. The van der Waals surface area contributed by atoms with E-state index in [9.17, 15) is 8.78 Å². The number of rotatable bonds is 1. The van der Waals surface area contributed by atoms with Crippen LogP contribution in [0.25, 0.3) is 0 Å². The maximum atomic E-state index is 13.0. The number of halogens is 3. The molecule has 2 rings (SSSR count). The molecular weight excluding hydrogens is 196 g/mol. The Kier molecular flexibility index (Phi) is 3.22. The van der Waals surface area contributed by atoms with E-state index in [0.717, 1.165) is 19.2 Å². The molecule has 0 aromatic heterocycles. The molecule has 0 aliphatic carbocycles. The zero-order valence-corrected chi connectivity index (χ0v) is 7.70. The number of hydrogen-bond acceptors (Lipinski definition) is 1. The first-order valence-corrected chi connectivity index (χ1v) is 3.93. The van der Waals surface area contributed by atoms with Crippen LogP contribution in [0.3, 0.4) is 0 Å². The standard InChI is InChI=1S/C9H9F2N.ClH/c10-7-1-2-9(11)8(3-7)6-4-12-5-6;/h1-3,6,12H,4-5H2;1H. The fourth-order valence-electron chi connectivity index (χ4n) is 1.34. The second kappa shape index (κ2) is 4.03. The summed E-state index contributed by atoms with van der Waals surface area (Å²) in [4.78, 5) is 0. The highest BCUT2D eigenvalue weighted by molar-refractivity contribution is 5.85. The van der Waals surface area contributed by atoms with Gasteiger partial charge in [0.05, 0.1) is 0 Å². The molecule has 0 amide bonds. The lowest BCUT2D eigenvalue weighted by molar-refractivity contribution is 0.428. The van der Waals surface area contributed by atoms with Crippen molar-refractivity contribution >= 4 is 12.4 Å². The van der Waals surface area contributed by atoms with E-state index in [1.54, 1.807) is 0 Å². The summed E-state index contributed by atoms with van der Waals surface area (Å²) in [6.07, 6.45) is 0. The van der Waals surface area contributed by atoms with E-state index in [1.165, 1.54) is 12.1 Å². The average Bonchev–Trinajstić information content (AvgIpc) is 1.93. The van der Waals surface area contributed by atoms with Crippen LogP contribution in [0.2, 0.25) is 0 Å². The fraction of sp³-hybridized carbons (Fsp3) is 0.333. The largest absolute Gasteiger partial charge is 0.315 e. The van der Waals surface area contributed by atoms with Gasteiger partial charge >= 0.3 is 0 Å². The van der Waals surface area contributed by atoms with Crippen molar-refractivity contribution in [2.75, 3.05) is 13.1 Å². The van der Waals surface area contributed by atoms with Gasteiger partial charge in [0.25, 0.3) is 0 Å². The summed E-state index contributed by atoms with van der Waals surface area (Å²) in [6.45, 7) is 1.50. The molecule has 0 radical (unpaired) electrons. The lowest BCUT2D eigenvalue weighted by Gasteiger charge is -2.27. The van der Waals surface area contributed by atoms with Gasteiger partial charge in [0, 0.05) is 19.0 Å². The molecule has 13 heavy (non-hydrogen) atoms. The first kappa shape index (κ1) is 10.4. The minimum absolute atomic E-state index is 0. The summed E-state index contributed by atoms with van der Waals surface area (Å²) in [5.41, 5.74) is 0.494. The number of hydrogen-bond donors (Lipinski definition) is 1. The first-order chi connectivity index (χ1) is 5.77. The SMILES string of the molecule is Cl.Fc1ccc(F)c(C2CNC2)c1. The van der Waals surface area contributed by atoms with Gasteiger partial charge < -0.3 is 5.32 Å². The Bertz CT molecular complexity index is 300. The van der Waals surface area contributed by atoms with Gasteiger partial charge in [-0.1, -0.05) is 0 Å². The van der Waals surface area contributed by atoms with Crippen LogP contribution in [0, 0.1) is 11.6 Å². The third kappa shape index (κ3) is 1.98. The molecule has 0 atom stereocenters. The van der Waals surface area contributed by atoms with E-state index in [0.29, 0.717) is 5.56 Å². The topological polar surface area (TPSA) is 12.0 Å². The van der Waals surface area contributed by atoms with E-state index in [-0.39, 0.29) is 30.0 Å². The smallest absolute Gasteiger partial charge is 0.126 e. The Morgan fingerprint density at radius 2 is 1.92 bits per heavy atom. The molecule has 1 nitrogen and oxygen atoms in total. The highest BCUT2D eigenvalue weighted by Crippen LogP contribution is 2.23. The van der Waals surface area contributed by atoms with Crippen LogP contribution in [0.1, 0.15) is 11.5 Å². The second-order valence-electron chi connectivity index (χ2n) is 3.02. The van der Waals surface area contributed by atoms with Gasteiger partial charge in [-0.25, -0.2) is 8.78 Å². The maximum Gasteiger partial charge on any atom is 0.126 e. The molecule has 1 heterocycles. The number of benzene rings is 1. The molecule has 4 heteroatoms. The van der Waals surface area contributed by atoms with Crippen molar-refractivity contribution in [2.24, 2.45) is 0 Å². The van der Waals surface area contributed by atoms with E-state index < -0.39 is 0 Å². The fourth-order valence-corrected chi connectivity index (χ4v) is 1.34. The lowest BCUT2D eigenvalue weighted by atomic mass is 9.93. The van der Waals surface area contributed by atoms with Gasteiger partial charge in [0.2, 0.25) is 0 Å². The van der Waals surface area contributed by atoms with Gasteiger partial charge in [-0.15, -0.1) is 12.4 Å². The summed E-state index contributed by atoms with van der Waals surface area (Å²) in [5, 5.41) is 3.02. The third-order valence-corrected chi connectivity index (χ3v) is 2.18. The Labute approximate surface area is 81.6 Å². The van der Waals surface area contributed by atoms with Crippen molar-refractivity contribution in [1.29, 1.82) is 0 Å². The summed E-state index contributed by atoms with van der Waals surface area (Å²) < 4.78 is 25.7. The van der Waals surface area contributed by atoms with E-state index >= 15 is 0 Å². The predicted octanol–water partition coefficient (Wildman–Crippen LogP) is 2.07. The summed E-state index contributed by atoms with van der Waals surface area (Å²) in [7, 11) is 0. The van der Waals surface area contributed by atoms with E-state index in [4.69, 9.17) is 0 Å². The van der Waals surface area contributed by atoms with Gasteiger partial charge in [0.15, 0.2) is 0 Å². The van der Waals surface area contributed by atoms with Crippen LogP contribution >= 0.6 is 12.4 Å². The average molecular weight is 206 g/mol. The van der Waals surface area contributed by atoms with Gasteiger partial charge in [-0.3, -0.25) is 0 Å². The molecule has 1 aliphatic heterocycles. The van der Waals surface area contributed by atoms with Crippen LogP contribution in [0.5, 0.6) is 0 Å². The summed E-state index contributed by atoms with van der Waals surface area (Å²) in [6, 6.07) is 3.61. The number of nitrogens with one attached hydrogen (secondary N) is 1. The summed E-state index contributed by atoms with van der Waals surface area (Å²) >= 11 is 0. The van der Waals surface area contributed by atoms with Crippen molar-refractivity contribution in [2.45, 2.75) is 5.92 Å². The highest BCUT2D eigenvalue weighted by atomic mass is 35.5. The van der Waals surface area contributed by atoms with Crippen LogP contribution in [0.4, 0.5) is 8.78 Å². The molecule has 1 aromatic carbocycles. The summed E-state index contributed by atoms with van der Waals surface area (Å²) in [5.74, 6) is -0.512.